The molecule has 0 spiro atoms. The number of rotatable bonds is 7. The number of benzene rings is 1. The van der Waals surface area contributed by atoms with Crippen LogP contribution in [0.4, 0.5) is 21.7 Å². The molecule has 0 aliphatic carbocycles. The van der Waals surface area contributed by atoms with E-state index in [4.69, 9.17) is 0 Å². The van der Waals surface area contributed by atoms with Gasteiger partial charge in [-0.15, -0.1) is 6.58 Å². The van der Waals surface area contributed by atoms with Gasteiger partial charge < -0.3 is 5.32 Å². The average Bonchev–Trinajstić information content (AvgIpc) is 2.57. The predicted molar refractivity (Wildman–Crippen MR) is 84.9 cm³/mol. The Morgan fingerprint density at radius 2 is 2.04 bits per heavy atom. The highest BCUT2D eigenvalue weighted by Gasteiger charge is 2.23. The van der Waals surface area contributed by atoms with Crippen LogP contribution in [0.1, 0.15) is 10.4 Å². The second-order valence-corrected chi connectivity index (χ2v) is 4.41. The molecule has 1 aromatic carbocycles. The van der Waals surface area contributed by atoms with E-state index in [-0.39, 0.29) is 23.7 Å². The zero-order valence-electron chi connectivity index (χ0n) is 12.3. The molecule has 0 fully saturated rings. The Morgan fingerprint density at radius 1 is 1.33 bits per heavy atom. The SMILES string of the molecule is C=CCNc1ncnc(NNC(=O)c2ccccc2F)c1[N+](=O)[O-]. The minimum Gasteiger partial charge on any atom is -0.361 e. The van der Waals surface area contributed by atoms with Gasteiger partial charge in [0, 0.05) is 6.54 Å². The molecule has 2 rings (SSSR count). The van der Waals surface area contributed by atoms with Gasteiger partial charge in [0.2, 0.25) is 11.6 Å². The number of aromatic nitrogens is 2. The van der Waals surface area contributed by atoms with Crippen LogP contribution in [0.15, 0.2) is 43.2 Å². The van der Waals surface area contributed by atoms with Crippen molar-refractivity contribution in [1.82, 2.24) is 15.4 Å². The first-order valence-electron chi connectivity index (χ1n) is 6.69. The monoisotopic (exact) mass is 332 g/mol. The molecular weight excluding hydrogens is 319 g/mol. The lowest BCUT2D eigenvalue weighted by molar-refractivity contribution is -0.383. The fourth-order valence-electron chi connectivity index (χ4n) is 1.77. The molecule has 0 aliphatic heterocycles. The molecule has 1 aromatic heterocycles. The molecule has 0 unspecified atom stereocenters. The number of anilines is 2. The molecule has 1 amide bonds. The number of hydrogen-bond donors (Lipinski definition) is 3. The number of nitrogens with one attached hydrogen (secondary N) is 3. The predicted octanol–water partition coefficient (Wildman–Crippen LogP) is 1.88. The summed E-state index contributed by atoms with van der Waals surface area (Å²) in [5.74, 6) is -1.81. The number of amides is 1. The van der Waals surface area contributed by atoms with E-state index in [0.29, 0.717) is 0 Å². The molecule has 0 radical (unpaired) electrons. The van der Waals surface area contributed by atoms with Crippen molar-refractivity contribution in [1.29, 1.82) is 0 Å². The van der Waals surface area contributed by atoms with Crippen molar-refractivity contribution in [2.75, 3.05) is 17.3 Å². The van der Waals surface area contributed by atoms with Gasteiger partial charge in [-0.05, 0) is 12.1 Å². The van der Waals surface area contributed by atoms with Crippen molar-refractivity contribution < 1.29 is 14.1 Å². The second kappa shape index (κ2) is 7.63. The highest BCUT2D eigenvalue weighted by atomic mass is 19.1. The Morgan fingerprint density at radius 3 is 2.71 bits per heavy atom. The third-order valence-corrected chi connectivity index (χ3v) is 2.83. The summed E-state index contributed by atoms with van der Waals surface area (Å²) in [6.07, 6.45) is 2.58. The molecule has 1 heterocycles. The van der Waals surface area contributed by atoms with Gasteiger partial charge in [0.05, 0.1) is 10.5 Å². The van der Waals surface area contributed by atoms with Crippen LogP contribution >= 0.6 is 0 Å². The smallest absolute Gasteiger partial charge is 0.354 e. The van der Waals surface area contributed by atoms with E-state index in [9.17, 15) is 19.3 Å². The maximum atomic E-state index is 13.5. The number of nitro groups is 1. The standard InChI is InChI=1S/C14H13FN6O3/c1-2-7-16-12-11(21(23)24)13(18-8-17-12)19-20-14(22)9-5-3-4-6-10(9)15/h2-6,8H,1,7H2,(H,20,22)(H2,16,17,18,19). The molecular formula is C14H13FN6O3. The summed E-state index contributed by atoms with van der Waals surface area (Å²) < 4.78 is 13.5. The van der Waals surface area contributed by atoms with Crippen LogP contribution in [-0.2, 0) is 0 Å². The molecule has 2 aromatic rings. The maximum Gasteiger partial charge on any atom is 0.354 e. The number of halogens is 1. The van der Waals surface area contributed by atoms with Crippen LogP contribution in [0.2, 0.25) is 0 Å². The molecule has 24 heavy (non-hydrogen) atoms. The quantitative estimate of drug-likeness (QED) is 0.402. The highest BCUT2D eigenvalue weighted by Crippen LogP contribution is 2.28. The molecule has 0 saturated carbocycles. The molecule has 0 aliphatic rings. The zero-order chi connectivity index (χ0) is 17.5. The molecule has 3 N–H and O–H groups in total. The highest BCUT2D eigenvalue weighted by molar-refractivity contribution is 5.95. The third kappa shape index (κ3) is 3.80. The van der Waals surface area contributed by atoms with Crippen LogP contribution in [0.3, 0.4) is 0 Å². The Hall–Kier alpha value is -3.56. The van der Waals surface area contributed by atoms with Gasteiger partial charge in [-0.25, -0.2) is 14.4 Å². The number of carbonyl (C=O) groups excluding carboxylic acids is 1. The van der Waals surface area contributed by atoms with Crippen molar-refractivity contribution in [2.45, 2.75) is 0 Å². The summed E-state index contributed by atoms with van der Waals surface area (Å²) in [6.45, 7) is 3.74. The lowest BCUT2D eigenvalue weighted by Crippen LogP contribution is -2.31. The first-order valence-corrected chi connectivity index (χ1v) is 6.69. The topological polar surface area (TPSA) is 122 Å². The second-order valence-electron chi connectivity index (χ2n) is 4.41. The Bertz CT molecular complexity index is 783. The molecule has 124 valence electrons. The molecule has 0 bridgehead atoms. The molecule has 10 heteroatoms. The van der Waals surface area contributed by atoms with E-state index in [0.717, 1.165) is 12.4 Å². The largest absolute Gasteiger partial charge is 0.361 e. The third-order valence-electron chi connectivity index (χ3n) is 2.83. The van der Waals surface area contributed by atoms with Crippen LogP contribution < -0.4 is 16.2 Å². The first kappa shape index (κ1) is 16.8. The summed E-state index contributed by atoms with van der Waals surface area (Å²) >= 11 is 0. The number of hydrogen-bond acceptors (Lipinski definition) is 7. The fraction of sp³-hybridized carbons (Fsp3) is 0.0714. The van der Waals surface area contributed by atoms with Gasteiger partial charge in [0.15, 0.2) is 0 Å². The summed E-state index contributed by atoms with van der Waals surface area (Å²) in [5.41, 5.74) is 3.79. The summed E-state index contributed by atoms with van der Waals surface area (Å²) in [7, 11) is 0. The van der Waals surface area contributed by atoms with Crippen LogP contribution in [0.5, 0.6) is 0 Å². The first-order chi connectivity index (χ1) is 11.5. The van der Waals surface area contributed by atoms with Gasteiger partial charge in [-0.2, -0.15) is 0 Å². The van der Waals surface area contributed by atoms with Gasteiger partial charge in [0.1, 0.15) is 12.1 Å². The summed E-state index contributed by atoms with van der Waals surface area (Å²) in [4.78, 5) is 29.9. The van der Waals surface area contributed by atoms with Crippen molar-refractivity contribution in [2.24, 2.45) is 0 Å². The van der Waals surface area contributed by atoms with E-state index in [1.54, 1.807) is 0 Å². The zero-order valence-corrected chi connectivity index (χ0v) is 12.3. The summed E-state index contributed by atoms with van der Waals surface area (Å²) in [6, 6.07) is 5.33. The lowest BCUT2D eigenvalue weighted by atomic mass is 10.2. The molecule has 0 saturated heterocycles. The van der Waals surface area contributed by atoms with Gasteiger partial charge >= 0.3 is 5.69 Å². The van der Waals surface area contributed by atoms with Crippen molar-refractivity contribution in [3.63, 3.8) is 0 Å². The van der Waals surface area contributed by atoms with E-state index in [1.165, 1.54) is 24.3 Å². The van der Waals surface area contributed by atoms with Crippen LogP contribution in [0, 0.1) is 15.9 Å². The number of nitrogens with zero attached hydrogens (tertiary/aromatic N) is 3. The molecule has 0 atom stereocenters. The normalized spacial score (nSPS) is 9.88. The Kier molecular flexibility index (Phi) is 5.34. The summed E-state index contributed by atoms with van der Waals surface area (Å²) in [5, 5.41) is 13.9. The number of hydrazine groups is 1. The van der Waals surface area contributed by atoms with Crippen molar-refractivity contribution >= 4 is 23.2 Å². The van der Waals surface area contributed by atoms with Crippen molar-refractivity contribution in [3.05, 3.63) is 64.7 Å². The average molecular weight is 332 g/mol. The van der Waals surface area contributed by atoms with Gasteiger partial charge in [-0.1, -0.05) is 18.2 Å². The Balaban J connectivity index is 2.20. The lowest BCUT2D eigenvalue weighted by Gasteiger charge is -2.10. The maximum absolute atomic E-state index is 13.5. The minimum atomic E-state index is -0.804. The fourth-order valence-corrected chi connectivity index (χ4v) is 1.77. The number of carbonyl (C=O) groups is 1. The van der Waals surface area contributed by atoms with Crippen molar-refractivity contribution in [3.8, 4) is 0 Å². The van der Waals surface area contributed by atoms with E-state index >= 15 is 0 Å². The van der Waals surface area contributed by atoms with Crippen LogP contribution in [-0.4, -0.2) is 27.3 Å². The van der Waals surface area contributed by atoms with E-state index < -0.39 is 22.3 Å². The molecule has 9 nitrogen and oxygen atoms in total. The van der Waals surface area contributed by atoms with Gasteiger partial charge in [-0.3, -0.25) is 25.8 Å². The Labute approximate surface area is 135 Å². The minimum absolute atomic E-state index is 0.0439. The van der Waals surface area contributed by atoms with Gasteiger partial charge in [0.25, 0.3) is 5.91 Å². The van der Waals surface area contributed by atoms with E-state index in [2.05, 4.69) is 32.7 Å². The van der Waals surface area contributed by atoms with E-state index in [1.807, 2.05) is 0 Å². The van der Waals surface area contributed by atoms with Crippen LogP contribution in [0.25, 0.3) is 0 Å².